The molecule has 1 aliphatic rings. The van der Waals surface area contributed by atoms with Crippen molar-refractivity contribution >= 4 is 33.2 Å². The van der Waals surface area contributed by atoms with Gasteiger partial charge in [0.1, 0.15) is 5.82 Å². The maximum Gasteiger partial charge on any atom is 0.223 e. The molecule has 1 N–H and O–H groups in total. The zero-order valence-electron chi connectivity index (χ0n) is 14.2. The highest BCUT2D eigenvalue weighted by molar-refractivity contribution is 9.11. The van der Waals surface area contributed by atoms with Gasteiger partial charge in [-0.05, 0) is 78.1 Å². The van der Waals surface area contributed by atoms with Crippen molar-refractivity contribution in [2.75, 3.05) is 13.1 Å². The molecule has 1 aromatic carbocycles. The molecule has 6 heteroatoms. The van der Waals surface area contributed by atoms with E-state index in [4.69, 9.17) is 0 Å². The number of carbonyl (C=O) groups is 1. The van der Waals surface area contributed by atoms with Gasteiger partial charge in [-0.25, -0.2) is 4.39 Å². The van der Waals surface area contributed by atoms with Crippen LogP contribution in [0.1, 0.15) is 28.8 Å². The fraction of sp³-hybridized carbons (Fsp3) is 0.421. The number of amides is 1. The monoisotopic (exact) mass is 424 g/mol. The number of nitrogens with one attached hydrogen (secondary N) is 1. The molecule has 1 aliphatic heterocycles. The number of carbonyl (C=O) groups excluding carboxylic acids is 1. The third kappa shape index (κ3) is 5.12. The first-order valence-electron chi connectivity index (χ1n) is 8.50. The van der Waals surface area contributed by atoms with Crippen molar-refractivity contribution in [3.05, 3.63) is 55.9 Å². The molecule has 3 rings (SSSR count). The van der Waals surface area contributed by atoms with Crippen LogP contribution in [0.4, 0.5) is 4.39 Å². The number of aryl methyl sites for hydroxylation is 1. The lowest BCUT2D eigenvalue weighted by molar-refractivity contribution is -0.126. The SMILES string of the molecule is Cc1ccc(CNC(=O)C2CCN(Cc3ccc(Br)s3)CC2)cc1F. The molecule has 3 nitrogen and oxygen atoms in total. The molecule has 2 aromatic rings. The van der Waals surface area contributed by atoms with E-state index in [1.54, 1.807) is 24.3 Å². The fourth-order valence-electron chi connectivity index (χ4n) is 3.09. The third-order valence-corrected chi connectivity index (χ3v) is 6.28. The number of piperidine rings is 1. The number of rotatable bonds is 5. The van der Waals surface area contributed by atoms with Gasteiger partial charge in [0.15, 0.2) is 0 Å². The zero-order valence-corrected chi connectivity index (χ0v) is 16.6. The van der Waals surface area contributed by atoms with Gasteiger partial charge in [0, 0.05) is 23.9 Å². The van der Waals surface area contributed by atoms with E-state index >= 15 is 0 Å². The molecule has 0 aliphatic carbocycles. The minimum Gasteiger partial charge on any atom is -0.352 e. The van der Waals surface area contributed by atoms with Gasteiger partial charge in [-0.3, -0.25) is 9.69 Å². The van der Waals surface area contributed by atoms with Crippen molar-refractivity contribution in [3.63, 3.8) is 0 Å². The molecule has 1 saturated heterocycles. The number of likely N-dealkylation sites (tertiary alicyclic amines) is 1. The van der Waals surface area contributed by atoms with Crippen molar-refractivity contribution < 1.29 is 9.18 Å². The molecule has 0 saturated carbocycles. The second-order valence-electron chi connectivity index (χ2n) is 6.56. The van der Waals surface area contributed by atoms with Crippen LogP contribution in [-0.2, 0) is 17.9 Å². The summed E-state index contributed by atoms with van der Waals surface area (Å²) >= 11 is 5.26. The molecule has 0 spiro atoms. The lowest BCUT2D eigenvalue weighted by atomic mass is 9.95. The molecule has 0 bridgehead atoms. The smallest absolute Gasteiger partial charge is 0.223 e. The highest BCUT2D eigenvalue weighted by Crippen LogP contribution is 2.25. The first kappa shape index (κ1) is 18.5. The summed E-state index contributed by atoms with van der Waals surface area (Å²) in [4.78, 5) is 16.1. The van der Waals surface area contributed by atoms with E-state index in [2.05, 4.69) is 38.3 Å². The molecular weight excluding hydrogens is 403 g/mol. The molecule has 134 valence electrons. The van der Waals surface area contributed by atoms with Gasteiger partial charge in [0.2, 0.25) is 5.91 Å². The average Bonchev–Trinajstić information content (AvgIpc) is 3.01. The highest BCUT2D eigenvalue weighted by Gasteiger charge is 2.25. The van der Waals surface area contributed by atoms with Gasteiger partial charge in [-0.1, -0.05) is 12.1 Å². The number of benzene rings is 1. The van der Waals surface area contributed by atoms with Crippen molar-refractivity contribution in [2.24, 2.45) is 5.92 Å². The van der Waals surface area contributed by atoms with Crippen LogP contribution in [0.2, 0.25) is 0 Å². The van der Waals surface area contributed by atoms with E-state index < -0.39 is 0 Å². The molecule has 0 radical (unpaired) electrons. The van der Waals surface area contributed by atoms with E-state index in [0.29, 0.717) is 12.1 Å². The van der Waals surface area contributed by atoms with Crippen molar-refractivity contribution in [2.45, 2.75) is 32.9 Å². The molecule has 1 amide bonds. The molecular formula is C19H22BrFN2OS. The second kappa shape index (κ2) is 8.43. The van der Waals surface area contributed by atoms with Crippen molar-refractivity contribution in [3.8, 4) is 0 Å². The van der Waals surface area contributed by atoms with Crippen LogP contribution in [0.5, 0.6) is 0 Å². The highest BCUT2D eigenvalue weighted by atomic mass is 79.9. The number of halogens is 2. The van der Waals surface area contributed by atoms with Crippen molar-refractivity contribution in [1.29, 1.82) is 0 Å². The quantitative estimate of drug-likeness (QED) is 0.766. The van der Waals surface area contributed by atoms with Gasteiger partial charge in [0.05, 0.1) is 3.79 Å². The summed E-state index contributed by atoms with van der Waals surface area (Å²) in [7, 11) is 0. The average molecular weight is 425 g/mol. The maximum atomic E-state index is 13.6. The molecule has 1 aromatic heterocycles. The molecule has 25 heavy (non-hydrogen) atoms. The Morgan fingerprint density at radius 2 is 2.08 bits per heavy atom. The summed E-state index contributed by atoms with van der Waals surface area (Å²) in [6.07, 6.45) is 1.75. The van der Waals surface area contributed by atoms with Gasteiger partial charge < -0.3 is 5.32 Å². The second-order valence-corrected chi connectivity index (χ2v) is 9.11. The molecule has 0 unspecified atom stereocenters. The lowest BCUT2D eigenvalue weighted by Gasteiger charge is -2.30. The Bertz CT molecular complexity index is 741. The van der Waals surface area contributed by atoms with E-state index in [1.165, 1.54) is 10.9 Å². The Morgan fingerprint density at radius 3 is 2.72 bits per heavy atom. The summed E-state index contributed by atoms with van der Waals surface area (Å²) < 4.78 is 14.7. The van der Waals surface area contributed by atoms with Gasteiger partial charge in [0.25, 0.3) is 0 Å². The first-order chi connectivity index (χ1) is 12.0. The summed E-state index contributed by atoms with van der Waals surface area (Å²) in [6, 6.07) is 9.33. The predicted octanol–water partition coefficient (Wildman–Crippen LogP) is 4.49. The summed E-state index contributed by atoms with van der Waals surface area (Å²) in [6.45, 7) is 4.95. The number of nitrogens with zero attached hydrogens (tertiary/aromatic N) is 1. The Balaban J connectivity index is 1.44. The minimum atomic E-state index is -0.222. The molecule has 1 fully saturated rings. The number of hydrogen-bond donors (Lipinski definition) is 1. The van der Waals surface area contributed by atoms with E-state index in [1.807, 2.05) is 6.07 Å². The maximum absolute atomic E-state index is 13.6. The Morgan fingerprint density at radius 1 is 1.32 bits per heavy atom. The van der Waals surface area contributed by atoms with Crippen molar-refractivity contribution in [1.82, 2.24) is 10.2 Å². The number of thiophene rings is 1. The normalized spacial score (nSPS) is 16.1. The minimum absolute atomic E-state index is 0.0571. The Kier molecular flexibility index (Phi) is 6.25. The van der Waals surface area contributed by atoms with Crippen LogP contribution >= 0.6 is 27.3 Å². The topological polar surface area (TPSA) is 32.3 Å². The first-order valence-corrected chi connectivity index (χ1v) is 10.1. The summed E-state index contributed by atoms with van der Waals surface area (Å²) in [5.41, 5.74) is 1.43. The van der Waals surface area contributed by atoms with E-state index in [0.717, 1.165) is 41.8 Å². The number of hydrogen-bond acceptors (Lipinski definition) is 3. The summed E-state index contributed by atoms with van der Waals surface area (Å²) in [5, 5.41) is 2.95. The van der Waals surface area contributed by atoms with Crippen LogP contribution in [0.25, 0.3) is 0 Å². The summed E-state index contributed by atoms with van der Waals surface area (Å²) in [5.74, 6) is -0.0820. The van der Waals surface area contributed by atoms with Crippen LogP contribution in [0.15, 0.2) is 34.1 Å². The van der Waals surface area contributed by atoms with Crippen LogP contribution in [0.3, 0.4) is 0 Å². The van der Waals surface area contributed by atoms with E-state index in [9.17, 15) is 9.18 Å². The van der Waals surface area contributed by atoms with Crippen LogP contribution in [-0.4, -0.2) is 23.9 Å². The largest absolute Gasteiger partial charge is 0.352 e. The fourth-order valence-corrected chi connectivity index (χ4v) is 4.62. The zero-order chi connectivity index (χ0) is 17.8. The van der Waals surface area contributed by atoms with Gasteiger partial charge >= 0.3 is 0 Å². The Hall–Kier alpha value is -1.24. The predicted molar refractivity (Wildman–Crippen MR) is 103 cm³/mol. The van der Waals surface area contributed by atoms with Gasteiger partial charge in [-0.2, -0.15) is 0 Å². The van der Waals surface area contributed by atoms with Crippen LogP contribution in [0, 0.1) is 18.7 Å². The van der Waals surface area contributed by atoms with Gasteiger partial charge in [-0.15, -0.1) is 11.3 Å². The standard InChI is InChI=1S/C19H22BrFN2OS/c1-13-2-3-14(10-17(13)21)11-22-19(24)15-6-8-23(9-7-15)12-16-4-5-18(20)25-16/h2-5,10,15H,6-9,11-12H2,1H3,(H,22,24). The molecule has 2 heterocycles. The molecule has 0 atom stereocenters. The van der Waals surface area contributed by atoms with E-state index in [-0.39, 0.29) is 17.6 Å². The third-order valence-electron chi connectivity index (χ3n) is 4.67. The lowest BCUT2D eigenvalue weighted by Crippen LogP contribution is -2.39. The Labute approximate surface area is 160 Å². The van der Waals surface area contributed by atoms with Crippen LogP contribution < -0.4 is 5.32 Å².